The van der Waals surface area contributed by atoms with Crippen LogP contribution in [-0.2, 0) is 11.4 Å². The summed E-state index contributed by atoms with van der Waals surface area (Å²) in [6.45, 7) is 0.519. The lowest BCUT2D eigenvalue weighted by Crippen LogP contribution is -2.32. The van der Waals surface area contributed by atoms with E-state index >= 15 is 0 Å². The summed E-state index contributed by atoms with van der Waals surface area (Å²) in [6.07, 6.45) is 1.66. The highest BCUT2D eigenvalue weighted by Crippen LogP contribution is 2.40. The van der Waals surface area contributed by atoms with Crippen molar-refractivity contribution in [3.8, 4) is 17.2 Å². The highest BCUT2D eigenvalue weighted by molar-refractivity contribution is 9.10. The minimum atomic E-state index is -0.371. The van der Waals surface area contributed by atoms with E-state index < -0.39 is 0 Å². The quantitative estimate of drug-likeness (QED) is 0.168. The monoisotopic (exact) mass is 657 g/mol. The summed E-state index contributed by atoms with van der Waals surface area (Å²) in [6, 6.07) is 22.4. The zero-order chi connectivity index (χ0) is 28.2. The molecular formula is C30H22BrCl2NO5S. The minimum Gasteiger partial charge on any atom is -0.493 e. The van der Waals surface area contributed by atoms with Crippen LogP contribution in [0, 0.1) is 0 Å². The molecule has 0 aliphatic carbocycles. The van der Waals surface area contributed by atoms with Crippen molar-refractivity contribution >= 4 is 78.9 Å². The van der Waals surface area contributed by atoms with Crippen molar-refractivity contribution in [1.29, 1.82) is 0 Å². The SMILES string of the molecule is COc1cc(/C=C2\SC(=O)N(CCOc3cccc4ccccc34)C2=O)cc(Br)c1OCc1ccc(Cl)cc1Cl. The fourth-order valence-corrected chi connectivity index (χ4v) is 6.07. The molecule has 2 amide bonds. The molecule has 1 aliphatic heterocycles. The van der Waals surface area contributed by atoms with Gasteiger partial charge in [0, 0.05) is 21.0 Å². The molecule has 0 atom stereocenters. The second-order valence-corrected chi connectivity index (χ2v) is 11.4. The number of ether oxygens (including phenoxy) is 3. The Morgan fingerprint density at radius 2 is 1.75 bits per heavy atom. The molecule has 0 radical (unpaired) electrons. The molecule has 5 rings (SSSR count). The van der Waals surface area contributed by atoms with Crippen LogP contribution in [0.2, 0.25) is 10.0 Å². The van der Waals surface area contributed by atoms with Crippen LogP contribution in [0.3, 0.4) is 0 Å². The van der Waals surface area contributed by atoms with Crippen molar-refractivity contribution in [1.82, 2.24) is 4.90 Å². The molecule has 6 nitrogen and oxygen atoms in total. The van der Waals surface area contributed by atoms with Crippen molar-refractivity contribution in [2.45, 2.75) is 6.61 Å². The topological polar surface area (TPSA) is 65.1 Å². The fourth-order valence-electron chi connectivity index (χ4n) is 4.16. The molecule has 204 valence electrons. The van der Waals surface area contributed by atoms with Crippen LogP contribution < -0.4 is 14.2 Å². The van der Waals surface area contributed by atoms with Crippen LogP contribution in [0.15, 0.2) is 82.2 Å². The molecule has 0 spiro atoms. The average molecular weight is 659 g/mol. The molecule has 0 unspecified atom stereocenters. The van der Waals surface area contributed by atoms with Gasteiger partial charge in [-0.05, 0) is 75.0 Å². The number of rotatable bonds is 9. The van der Waals surface area contributed by atoms with Gasteiger partial charge in [0.25, 0.3) is 11.1 Å². The summed E-state index contributed by atoms with van der Waals surface area (Å²) < 4.78 is 18.1. The summed E-state index contributed by atoms with van der Waals surface area (Å²) in [7, 11) is 1.53. The van der Waals surface area contributed by atoms with Crippen LogP contribution in [0.1, 0.15) is 11.1 Å². The maximum Gasteiger partial charge on any atom is 0.293 e. The largest absolute Gasteiger partial charge is 0.493 e. The normalized spacial score (nSPS) is 14.3. The third-order valence-corrected chi connectivity index (χ3v) is 8.22. The van der Waals surface area contributed by atoms with Crippen LogP contribution in [0.4, 0.5) is 4.79 Å². The third-order valence-electron chi connectivity index (χ3n) is 6.13. The van der Waals surface area contributed by atoms with E-state index in [4.69, 9.17) is 37.4 Å². The third kappa shape index (κ3) is 6.25. The minimum absolute atomic E-state index is 0.137. The summed E-state index contributed by atoms with van der Waals surface area (Å²) in [5.74, 6) is 1.26. The lowest BCUT2D eigenvalue weighted by atomic mass is 10.1. The van der Waals surface area contributed by atoms with Gasteiger partial charge in [-0.3, -0.25) is 14.5 Å². The molecule has 4 aromatic rings. The molecule has 1 aliphatic rings. The molecule has 0 aromatic heterocycles. The number of carbonyl (C=O) groups excluding carboxylic acids is 2. The Kier molecular flexibility index (Phi) is 8.90. The number of amides is 2. The summed E-state index contributed by atoms with van der Waals surface area (Å²) in [4.78, 5) is 27.2. The number of hydrogen-bond donors (Lipinski definition) is 0. The lowest BCUT2D eigenvalue weighted by molar-refractivity contribution is -0.123. The van der Waals surface area contributed by atoms with Gasteiger partial charge in [0.1, 0.15) is 19.0 Å². The molecule has 10 heteroatoms. The average Bonchev–Trinajstić information content (AvgIpc) is 3.20. The van der Waals surface area contributed by atoms with E-state index in [1.54, 1.807) is 36.4 Å². The van der Waals surface area contributed by atoms with Gasteiger partial charge in [-0.2, -0.15) is 0 Å². The van der Waals surface area contributed by atoms with Gasteiger partial charge in [0.15, 0.2) is 11.5 Å². The molecule has 4 aromatic carbocycles. The number of imide groups is 1. The van der Waals surface area contributed by atoms with Gasteiger partial charge in [0.05, 0.1) is 23.0 Å². The van der Waals surface area contributed by atoms with E-state index in [0.717, 1.165) is 28.1 Å². The molecule has 0 N–H and O–H groups in total. The van der Waals surface area contributed by atoms with E-state index in [0.29, 0.717) is 42.2 Å². The van der Waals surface area contributed by atoms with E-state index in [-0.39, 0.29) is 30.9 Å². The number of benzene rings is 4. The fraction of sp³-hybridized carbons (Fsp3) is 0.133. The Labute approximate surface area is 253 Å². The van der Waals surface area contributed by atoms with E-state index in [9.17, 15) is 9.59 Å². The molecule has 1 fully saturated rings. The Morgan fingerprint density at radius 1 is 0.950 bits per heavy atom. The van der Waals surface area contributed by atoms with Gasteiger partial charge < -0.3 is 14.2 Å². The predicted molar refractivity (Wildman–Crippen MR) is 164 cm³/mol. The van der Waals surface area contributed by atoms with Gasteiger partial charge in [-0.15, -0.1) is 0 Å². The molecule has 1 saturated heterocycles. The Bertz CT molecular complexity index is 1640. The lowest BCUT2D eigenvalue weighted by Gasteiger charge is -2.15. The number of methoxy groups -OCH3 is 1. The van der Waals surface area contributed by atoms with Crippen LogP contribution in [0.5, 0.6) is 17.2 Å². The zero-order valence-corrected chi connectivity index (χ0v) is 25.1. The van der Waals surface area contributed by atoms with Gasteiger partial charge in [-0.1, -0.05) is 65.7 Å². The van der Waals surface area contributed by atoms with Gasteiger partial charge >= 0.3 is 0 Å². The first-order valence-corrected chi connectivity index (χ1v) is 14.5. The maximum absolute atomic E-state index is 13.1. The first-order valence-electron chi connectivity index (χ1n) is 12.1. The summed E-state index contributed by atoms with van der Waals surface area (Å²) in [5.41, 5.74) is 1.43. The van der Waals surface area contributed by atoms with Crippen molar-refractivity contribution in [2.24, 2.45) is 0 Å². The number of carbonyl (C=O) groups is 2. The van der Waals surface area contributed by atoms with Crippen molar-refractivity contribution in [3.05, 3.63) is 103 Å². The van der Waals surface area contributed by atoms with Crippen molar-refractivity contribution in [2.75, 3.05) is 20.3 Å². The zero-order valence-electron chi connectivity index (χ0n) is 21.2. The van der Waals surface area contributed by atoms with Crippen LogP contribution >= 0.6 is 50.9 Å². The second kappa shape index (κ2) is 12.6. The smallest absolute Gasteiger partial charge is 0.293 e. The molecular weight excluding hydrogens is 637 g/mol. The molecule has 1 heterocycles. The number of hydrogen-bond acceptors (Lipinski definition) is 6. The Balaban J connectivity index is 1.27. The van der Waals surface area contributed by atoms with E-state index in [1.807, 2.05) is 42.5 Å². The van der Waals surface area contributed by atoms with Crippen LogP contribution in [-0.4, -0.2) is 36.3 Å². The first kappa shape index (κ1) is 28.4. The molecule has 0 bridgehead atoms. The van der Waals surface area contributed by atoms with Gasteiger partial charge in [-0.25, -0.2) is 0 Å². The Hall–Kier alpha value is -3.17. The Morgan fingerprint density at radius 3 is 2.55 bits per heavy atom. The second-order valence-electron chi connectivity index (χ2n) is 8.72. The van der Waals surface area contributed by atoms with Gasteiger partial charge in [0.2, 0.25) is 0 Å². The highest BCUT2D eigenvalue weighted by Gasteiger charge is 2.35. The predicted octanol–water partition coefficient (Wildman–Crippen LogP) is 8.61. The highest BCUT2D eigenvalue weighted by atomic mass is 79.9. The summed E-state index contributed by atoms with van der Waals surface area (Å²) in [5, 5.41) is 2.72. The molecule has 40 heavy (non-hydrogen) atoms. The number of thioether (sulfide) groups is 1. The number of halogens is 3. The number of nitrogens with zero attached hydrogens (tertiary/aromatic N) is 1. The standard InChI is InChI=1S/C30H22BrCl2NO5S/c1-37-26-14-18(13-23(31)28(26)39-17-20-9-10-21(32)16-24(20)33)15-27-29(35)34(30(36)40-27)11-12-38-25-8-4-6-19-5-2-3-7-22(19)25/h2-10,13-16H,11-12,17H2,1H3/b27-15-. The number of fused-ring (bicyclic) bond motifs is 1. The van der Waals surface area contributed by atoms with E-state index in [1.165, 1.54) is 12.0 Å². The first-order chi connectivity index (χ1) is 19.3. The van der Waals surface area contributed by atoms with Crippen molar-refractivity contribution < 1.29 is 23.8 Å². The van der Waals surface area contributed by atoms with Crippen LogP contribution in [0.25, 0.3) is 16.8 Å². The van der Waals surface area contributed by atoms with E-state index in [2.05, 4.69) is 15.9 Å². The van der Waals surface area contributed by atoms with Crippen molar-refractivity contribution in [3.63, 3.8) is 0 Å². The maximum atomic E-state index is 13.1. The molecule has 0 saturated carbocycles. The summed E-state index contributed by atoms with van der Waals surface area (Å²) >= 11 is 16.7.